The second kappa shape index (κ2) is 9.10. The molecule has 0 saturated carbocycles. The van der Waals surface area contributed by atoms with Gasteiger partial charge < -0.3 is 4.90 Å². The molecule has 2 aromatic carbocycles. The number of hydrogen-bond acceptors (Lipinski definition) is 3. The van der Waals surface area contributed by atoms with E-state index in [-0.39, 0.29) is 29.5 Å². The van der Waals surface area contributed by atoms with Crippen molar-refractivity contribution in [2.45, 2.75) is 32.2 Å². The predicted octanol–water partition coefficient (Wildman–Crippen LogP) is 3.19. The zero-order chi connectivity index (χ0) is 20.0. The molecule has 0 aliphatic carbocycles. The van der Waals surface area contributed by atoms with Crippen LogP contribution >= 0.6 is 0 Å². The number of benzene rings is 2. The number of halogens is 1. The van der Waals surface area contributed by atoms with Crippen molar-refractivity contribution in [3.05, 3.63) is 65.5 Å². The van der Waals surface area contributed by atoms with E-state index in [2.05, 4.69) is 0 Å². The van der Waals surface area contributed by atoms with Gasteiger partial charge in [-0.3, -0.25) is 4.79 Å². The average molecular weight is 392 g/mol. The van der Waals surface area contributed by atoms with Crippen molar-refractivity contribution >= 4 is 15.9 Å². The first-order chi connectivity index (χ1) is 12.8. The number of aryl methyl sites for hydroxylation is 1. The lowest BCUT2D eigenvalue weighted by Crippen LogP contribution is -2.42. The fourth-order valence-corrected chi connectivity index (χ4v) is 4.10. The molecule has 0 fully saturated rings. The smallest absolute Gasteiger partial charge is 0.243 e. The van der Waals surface area contributed by atoms with Crippen molar-refractivity contribution in [3.8, 4) is 0 Å². The first-order valence-electron chi connectivity index (χ1n) is 8.87. The minimum absolute atomic E-state index is 0.0804. The van der Waals surface area contributed by atoms with Crippen LogP contribution in [0.5, 0.6) is 0 Å². The summed E-state index contributed by atoms with van der Waals surface area (Å²) in [5.74, 6) is -0.816. The number of likely N-dealkylation sites (N-methyl/N-ethyl adjacent to an activating group) is 1. The van der Waals surface area contributed by atoms with Crippen molar-refractivity contribution in [1.29, 1.82) is 0 Å². The molecule has 0 atom stereocenters. The van der Waals surface area contributed by atoms with Gasteiger partial charge in [0.1, 0.15) is 5.82 Å². The van der Waals surface area contributed by atoms with Crippen LogP contribution in [-0.4, -0.2) is 43.2 Å². The molecule has 0 aromatic heterocycles. The lowest BCUT2D eigenvalue weighted by molar-refractivity contribution is -0.131. The molecule has 0 heterocycles. The number of rotatable bonds is 8. The van der Waals surface area contributed by atoms with E-state index in [1.165, 1.54) is 24.3 Å². The van der Waals surface area contributed by atoms with Gasteiger partial charge in [-0.05, 0) is 39.0 Å². The van der Waals surface area contributed by atoms with Gasteiger partial charge >= 0.3 is 0 Å². The van der Waals surface area contributed by atoms with E-state index >= 15 is 0 Å². The Kier molecular flexibility index (Phi) is 7.10. The lowest BCUT2D eigenvalue weighted by Gasteiger charge is -2.26. The third-order valence-electron chi connectivity index (χ3n) is 4.39. The van der Waals surface area contributed by atoms with Crippen molar-refractivity contribution in [3.63, 3.8) is 0 Å². The first-order valence-corrected chi connectivity index (χ1v) is 10.3. The quantitative estimate of drug-likeness (QED) is 0.693. The highest BCUT2D eigenvalue weighted by atomic mass is 32.2. The van der Waals surface area contributed by atoms with Crippen LogP contribution in [0.25, 0.3) is 0 Å². The lowest BCUT2D eigenvalue weighted by atomic mass is 10.2. The molecule has 5 nitrogen and oxygen atoms in total. The van der Waals surface area contributed by atoms with Gasteiger partial charge in [-0.2, -0.15) is 4.31 Å². The van der Waals surface area contributed by atoms with Crippen molar-refractivity contribution in [2.24, 2.45) is 0 Å². The van der Waals surface area contributed by atoms with Gasteiger partial charge in [0.05, 0.1) is 11.4 Å². The van der Waals surface area contributed by atoms with Gasteiger partial charge in [0.2, 0.25) is 15.9 Å². The van der Waals surface area contributed by atoms with Crippen LogP contribution in [0, 0.1) is 12.7 Å². The Morgan fingerprint density at radius 1 is 1.00 bits per heavy atom. The molecule has 0 bridgehead atoms. The Morgan fingerprint density at radius 2 is 1.59 bits per heavy atom. The second-order valence-electron chi connectivity index (χ2n) is 6.24. The van der Waals surface area contributed by atoms with Crippen molar-refractivity contribution < 1.29 is 17.6 Å². The fraction of sp³-hybridized carbons (Fsp3) is 0.350. The van der Waals surface area contributed by atoms with E-state index in [0.717, 1.165) is 9.87 Å². The van der Waals surface area contributed by atoms with E-state index in [1.807, 2.05) is 20.8 Å². The molecule has 0 aliphatic rings. The summed E-state index contributed by atoms with van der Waals surface area (Å²) in [5, 5.41) is 0. The maximum absolute atomic E-state index is 14.1. The molecule has 0 radical (unpaired) electrons. The molecule has 7 heteroatoms. The number of hydrogen-bond donors (Lipinski definition) is 0. The first kappa shape index (κ1) is 21.1. The summed E-state index contributed by atoms with van der Waals surface area (Å²) in [5.41, 5.74) is 1.15. The summed E-state index contributed by atoms with van der Waals surface area (Å²) in [6.07, 6.45) is 0. The molecule has 0 unspecified atom stereocenters. The Hall–Kier alpha value is -2.25. The molecular weight excluding hydrogens is 367 g/mol. The molecular formula is C20H25FN2O3S. The molecule has 27 heavy (non-hydrogen) atoms. The minimum atomic E-state index is -3.96. The maximum Gasteiger partial charge on any atom is 0.243 e. The Labute approximate surface area is 160 Å². The number of carbonyl (C=O) groups is 1. The van der Waals surface area contributed by atoms with Crippen LogP contribution in [0.2, 0.25) is 0 Å². The van der Waals surface area contributed by atoms with E-state index in [1.54, 1.807) is 29.2 Å². The molecule has 0 aliphatic heterocycles. The number of carbonyl (C=O) groups excluding carboxylic acids is 1. The van der Waals surface area contributed by atoms with Gasteiger partial charge in [-0.25, -0.2) is 12.8 Å². The van der Waals surface area contributed by atoms with E-state index in [4.69, 9.17) is 0 Å². The third-order valence-corrected chi connectivity index (χ3v) is 6.20. The minimum Gasteiger partial charge on any atom is -0.342 e. The highest BCUT2D eigenvalue weighted by Gasteiger charge is 2.28. The normalized spacial score (nSPS) is 11.6. The molecule has 1 amide bonds. The Bertz CT molecular complexity index is 878. The molecule has 0 saturated heterocycles. The summed E-state index contributed by atoms with van der Waals surface area (Å²) < 4.78 is 41.4. The van der Waals surface area contributed by atoms with Gasteiger partial charge in [0, 0.05) is 25.2 Å². The summed E-state index contributed by atoms with van der Waals surface area (Å²) in [6, 6.07) is 12.4. The van der Waals surface area contributed by atoms with E-state index in [0.29, 0.717) is 13.1 Å². The Morgan fingerprint density at radius 3 is 2.15 bits per heavy atom. The monoisotopic (exact) mass is 392 g/mol. The Balaban J connectivity index is 2.40. The van der Waals surface area contributed by atoms with Gasteiger partial charge in [-0.1, -0.05) is 35.9 Å². The van der Waals surface area contributed by atoms with Gasteiger partial charge in [-0.15, -0.1) is 0 Å². The van der Waals surface area contributed by atoms with Crippen molar-refractivity contribution in [2.75, 3.05) is 19.6 Å². The van der Waals surface area contributed by atoms with Crippen LogP contribution in [0.3, 0.4) is 0 Å². The molecule has 146 valence electrons. The zero-order valence-corrected chi connectivity index (χ0v) is 16.7. The molecule has 0 spiro atoms. The van der Waals surface area contributed by atoms with Gasteiger partial charge in [0.15, 0.2) is 0 Å². The van der Waals surface area contributed by atoms with Crippen molar-refractivity contribution in [1.82, 2.24) is 9.21 Å². The SMILES string of the molecule is CCN(CC)C(=O)CN(Cc1ccccc1F)S(=O)(=O)c1ccc(C)cc1. The van der Waals surface area contributed by atoms with Crippen LogP contribution in [0.4, 0.5) is 4.39 Å². The number of sulfonamides is 1. The third kappa shape index (κ3) is 5.14. The topological polar surface area (TPSA) is 57.7 Å². The summed E-state index contributed by atoms with van der Waals surface area (Å²) in [4.78, 5) is 14.2. The maximum atomic E-state index is 14.1. The summed E-state index contributed by atoms with van der Waals surface area (Å²) in [6.45, 7) is 5.93. The summed E-state index contributed by atoms with van der Waals surface area (Å²) in [7, 11) is -3.96. The number of amides is 1. The second-order valence-corrected chi connectivity index (χ2v) is 8.18. The molecule has 0 N–H and O–H groups in total. The van der Waals surface area contributed by atoms with E-state index < -0.39 is 15.8 Å². The fourth-order valence-electron chi connectivity index (χ4n) is 2.73. The number of nitrogens with zero attached hydrogens (tertiary/aromatic N) is 2. The summed E-state index contributed by atoms with van der Waals surface area (Å²) >= 11 is 0. The zero-order valence-electron chi connectivity index (χ0n) is 15.9. The highest BCUT2D eigenvalue weighted by molar-refractivity contribution is 7.89. The van der Waals surface area contributed by atoms with Gasteiger partial charge in [0.25, 0.3) is 0 Å². The van der Waals surface area contributed by atoms with Crippen LogP contribution in [0.1, 0.15) is 25.0 Å². The molecule has 2 aromatic rings. The highest BCUT2D eigenvalue weighted by Crippen LogP contribution is 2.20. The predicted molar refractivity (Wildman–Crippen MR) is 103 cm³/mol. The standard InChI is InChI=1S/C20H25FN2O3S/c1-4-22(5-2)20(24)15-23(14-17-8-6-7-9-19(17)21)27(25,26)18-12-10-16(3)11-13-18/h6-13H,4-5,14-15H2,1-3H3. The van der Waals surface area contributed by atoms with Crippen LogP contribution in [-0.2, 0) is 21.4 Å². The average Bonchev–Trinajstić information content (AvgIpc) is 2.64. The van der Waals surface area contributed by atoms with Crippen LogP contribution in [0.15, 0.2) is 53.4 Å². The van der Waals surface area contributed by atoms with Crippen LogP contribution < -0.4 is 0 Å². The van der Waals surface area contributed by atoms with E-state index in [9.17, 15) is 17.6 Å². The molecule has 2 rings (SSSR count). The largest absolute Gasteiger partial charge is 0.342 e.